The molecule has 0 aliphatic carbocycles. The van der Waals surface area contributed by atoms with E-state index in [-0.39, 0.29) is 23.1 Å². The quantitative estimate of drug-likeness (QED) is 0.446. The maximum atomic E-state index is 12.3. The second-order valence-electron chi connectivity index (χ2n) is 4.70. The molecular weight excluding hydrogens is 316 g/mol. The number of aryl methyl sites for hydroxylation is 1. The first-order valence-electron chi connectivity index (χ1n) is 6.69. The van der Waals surface area contributed by atoms with Crippen molar-refractivity contribution in [2.75, 3.05) is 5.73 Å². The van der Waals surface area contributed by atoms with Gasteiger partial charge in [0, 0.05) is 0 Å². The molecule has 0 fully saturated rings. The van der Waals surface area contributed by atoms with Gasteiger partial charge in [0.05, 0.1) is 11.9 Å². The number of nitrogens with one attached hydrogen (secondary N) is 1. The van der Waals surface area contributed by atoms with E-state index in [1.165, 1.54) is 18.3 Å². The molecule has 0 saturated carbocycles. The normalized spacial score (nSPS) is 11.0. The van der Waals surface area contributed by atoms with Crippen LogP contribution in [0.25, 0.3) is 5.82 Å². The number of hydrogen-bond donors (Lipinski definition) is 3. The minimum Gasteiger partial charge on any atom is -0.508 e. The molecule has 2 aromatic heterocycles. The van der Waals surface area contributed by atoms with Gasteiger partial charge < -0.3 is 10.8 Å². The molecule has 0 atom stereocenters. The van der Waals surface area contributed by atoms with E-state index in [0.29, 0.717) is 11.3 Å². The summed E-state index contributed by atoms with van der Waals surface area (Å²) in [6.45, 7) is 1.60. The topological polar surface area (TPSA) is 157 Å². The lowest BCUT2D eigenvalue weighted by molar-refractivity contribution is 0.0946. The van der Waals surface area contributed by atoms with E-state index < -0.39 is 5.91 Å². The van der Waals surface area contributed by atoms with Crippen LogP contribution in [0, 0.1) is 6.92 Å². The molecule has 0 bridgehead atoms. The monoisotopic (exact) mass is 328 g/mol. The highest BCUT2D eigenvalue weighted by atomic mass is 16.6. The van der Waals surface area contributed by atoms with E-state index in [0.717, 1.165) is 4.68 Å². The minimum absolute atomic E-state index is 0.0304. The summed E-state index contributed by atoms with van der Waals surface area (Å²) in [7, 11) is 0. The predicted molar refractivity (Wildman–Crippen MR) is 81.5 cm³/mol. The van der Waals surface area contributed by atoms with Gasteiger partial charge in [-0.25, -0.2) is 10.1 Å². The Labute approximate surface area is 134 Å². The lowest BCUT2D eigenvalue weighted by atomic mass is 10.2. The second kappa shape index (κ2) is 6.16. The standard InChI is InChI=1S/C13H12N8O3/c1-7-10(21(20-16-7)12-11(14)18-24-19-12)13(23)17-15-6-8-3-2-4-9(22)5-8/h2-6,22H,1H3,(H2,14,18)(H,17,23)/b15-6-. The van der Waals surface area contributed by atoms with Crippen LogP contribution in [0.3, 0.4) is 0 Å². The van der Waals surface area contributed by atoms with Gasteiger partial charge in [0.1, 0.15) is 5.75 Å². The van der Waals surface area contributed by atoms with Crippen molar-refractivity contribution in [1.29, 1.82) is 0 Å². The molecule has 0 aliphatic heterocycles. The number of nitrogens with zero attached hydrogens (tertiary/aromatic N) is 6. The van der Waals surface area contributed by atoms with Crippen molar-refractivity contribution < 1.29 is 14.5 Å². The summed E-state index contributed by atoms with van der Waals surface area (Å²) in [5.41, 5.74) is 9.00. The largest absolute Gasteiger partial charge is 0.508 e. The molecule has 0 aliphatic rings. The van der Waals surface area contributed by atoms with Crippen LogP contribution in [0.4, 0.5) is 5.82 Å². The van der Waals surface area contributed by atoms with Gasteiger partial charge in [0.15, 0.2) is 5.69 Å². The van der Waals surface area contributed by atoms with E-state index in [2.05, 4.69) is 35.8 Å². The average molecular weight is 328 g/mol. The molecule has 0 radical (unpaired) electrons. The first-order valence-corrected chi connectivity index (χ1v) is 6.69. The van der Waals surface area contributed by atoms with Gasteiger partial charge >= 0.3 is 0 Å². The van der Waals surface area contributed by atoms with Crippen LogP contribution < -0.4 is 11.2 Å². The number of phenolic OH excluding ortho intramolecular Hbond substituents is 1. The Bertz CT molecular complexity index is 914. The Morgan fingerprint density at radius 1 is 1.46 bits per heavy atom. The zero-order valence-electron chi connectivity index (χ0n) is 12.4. The highest BCUT2D eigenvalue weighted by molar-refractivity contribution is 5.94. The fraction of sp³-hybridized carbons (Fsp3) is 0.0769. The Morgan fingerprint density at radius 3 is 3.00 bits per heavy atom. The van der Waals surface area contributed by atoms with E-state index in [9.17, 15) is 9.90 Å². The highest BCUT2D eigenvalue weighted by Gasteiger charge is 2.22. The highest BCUT2D eigenvalue weighted by Crippen LogP contribution is 2.15. The zero-order chi connectivity index (χ0) is 17.1. The number of rotatable bonds is 4. The number of nitrogens with two attached hydrogens (primary N) is 1. The maximum Gasteiger partial charge on any atom is 0.292 e. The van der Waals surface area contributed by atoms with Crippen LogP contribution in [0.2, 0.25) is 0 Å². The van der Waals surface area contributed by atoms with Crippen LogP contribution in [0.15, 0.2) is 34.0 Å². The summed E-state index contributed by atoms with van der Waals surface area (Å²) in [5.74, 6) is -0.455. The molecule has 11 nitrogen and oxygen atoms in total. The van der Waals surface area contributed by atoms with E-state index >= 15 is 0 Å². The third-order valence-corrected chi connectivity index (χ3v) is 3.00. The van der Waals surface area contributed by atoms with Crippen LogP contribution >= 0.6 is 0 Å². The van der Waals surface area contributed by atoms with Crippen LogP contribution in [-0.2, 0) is 0 Å². The molecule has 0 spiro atoms. The third-order valence-electron chi connectivity index (χ3n) is 3.00. The number of carbonyl (C=O) groups is 1. The van der Waals surface area contributed by atoms with Gasteiger partial charge in [-0.05, 0) is 34.9 Å². The lowest BCUT2D eigenvalue weighted by Gasteiger charge is -2.02. The number of anilines is 1. The summed E-state index contributed by atoms with van der Waals surface area (Å²) in [5, 5.41) is 27.8. The van der Waals surface area contributed by atoms with Crippen molar-refractivity contribution in [2.24, 2.45) is 5.10 Å². The number of amides is 1. The summed E-state index contributed by atoms with van der Waals surface area (Å²) in [6.07, 6.45) is 1.38. The molecule has 4 N–H and O–H groups in total. The summed E-state index contributed by atoms with van der Waals surface area (Å²) >= 11 is 0. The van der Waals surface area contributed by atoms with Gasteiger partial charge in [-0.2, -0.15) is 9.78 Å². The molecule has 24 heavy (non-hydrogen) atoms. The number of hydrazone groups is 1. The second-order valence-corrected chi connectivity index (χ2v) is 4.70. The van der Waals surface area contributed by atoms with Gasteiger partial charge in [-0.1, -0.05) is 17.3 Å². The van der Waals surface area contributed by atoms with Gasteiger partial charge in [0.25, 0.3) is 5.91 Å². The van der Waals surface area contributed by atoms with Gasteiger partial charge in [-0.15, -0.1) is 5.10 Å². The Hall–Kier alpha value is -3.76. The Balaban J connectivity index is 1.81. The number of hydrogen-bond acceptors (Lipinski definition) is 9. The molecule has 2 heterocycles. The average Bonchev–Trinajstić information content (AvgIpc) is 3.12. The van der Waals surface area contributed by atoms with Crippen LogP contribution in [-0.4, -0.2) is 42.5 Å². The fourth-order valence-electron chi connectivity index (χ4n) is 1.93. The maximum absolute atomic E-state index is 12.3. The van der Waals surface area contributed by atoms with Crippen molar-refractivity contribution >= 4 is 17.9 Å². The first kappa shape index (κ1) is 15.1. The number of phenols is 1. The molecule has 3 aromatic rings. The number of benzene rings is 1. The van der Waals surface area contributed by atoms with Crippen molar-refractivity contribution in [3.8, 4) is 11.6 Å². The number of carbonyl (C=O) groups excluding carboxylic acids is 1. The molecule has 3 rings (SSSR count). The molecular formula is C13H12N8O3. The van der Waals surface area contributed by atoms with Crippen molar-refractivity contribution in [1.82, 2.24) is 30.7 Å². The third kappa shape index (κ3) is 2.90. The van der Waals surface area contributed by atoms with E-state index in [1.54, 1.807) is 19.1 Å². The SMILES string of the molecule is Cc1nnn(-c2nonc2N)c1C(=O)N/N=C\c1cccc(O)c1. The predicted octanol–water partition coefficient (Wildman–Crippen LogP) is 0.0104. The molecule has 1 aromatic carbocycles. The smallest absolute Gasteiger partial charge is 0.292 e. The van der Waals surface area contributed by atoms with Crippen LogP contribution in [0.5, 0.6) is 5.75 Å². The first-order chi connectivity index (χ1) is 11.6. The molecule has 0 unspecified atom stereocenters. The fourth-order valence-corrected chi connectivity index (χ4v) is 1.93. The molecule has 1 amide bonds. The summed E-state index contributed by atoms with van der Waals surface area (Å²) in [6, 6.07) is 6.39. The zero-order valence-corrected chi connectivity index (χ0v) is 12.4. The number of aromatic nitrogens is 5. The number of nitrogen functional groups attached to an aromatic ring is 1. The molecule has 0 saturated heterocycles. The molecule has 122 valence electrons. The van der Waals surface area contributed by atoms with Gasteiger partial charge in [0.2, 0.25) is 11.6 Å². The van der Waals surface area contributed by atoms with Gasteiger partial charge in [-0.3, -0.25) is 4.79 Å². The molecule has 11 heteroatoms. The van der Waals surface area contributed by atoms with Crippen molar-refractivity contribution in [3.63, 3.8) is 0 Å². The summed E-state index contributed by atoms with van der Waals surface area (Å²) < 4.78 is 5.61. The van der Waals surface area contributed by atoms with Crippen molar-refractivity contribution in [3.05, 3.63) is 41.2 Å². The van der Waals surface area contributed by atoms with E-state index in [4.69, 9.17) is 5.73 Å². The van der Waals surface area contributed by atoms with Crippen LogP contribution in [0.1, 0.15) is 21.7 Å². The minimum atomic E-state index is -0.573. The van der Waals surface area contributed by atoms with Crippen molar-refractivity contribution in [2.45, 2.75) is 6.92 Å². The number of aromatic hydroxyl groups is 1. The summed E-state index contributed by atoms with van der Waals surface area (Å²) in [4.78, 5) is 12.3. The van der Waals surface area contributed by atoms with E-state index in [1.807, 2.05) is 0 Å². The Kier molecular flexibility index (Phi) is 3.89. The lowest BCUT2D eigenvalue weighted by Crippen LogP contribution is -2.22. The Morgan fingerprint density at radius 2 is 2.29 bits per heavy atom.